The van der Waals surface area contributed by atoms with Gasteiger partial charge in [-0.25, -0.2) is 21.6 Å². The number of carbonyl (C=O) groups excluding carboxylic acids is 2. The third kappa shape index (κ3) is 5.93. The molecule has 0 aliphatic carbocycles. The first-order valence-corrected chi connectivity index (χ1v) is 16.1. The number of aliphatic imine (C=N–C) groups is 1. The lowest BCUT2D eigenvalue weighted by Gasteiger charge is -2.06. The maximum atomic E-state index is 12.4. The summed E-state index contributed by atoms with van der Waals surface area (Å²) in [5, 5.41) is 2.45. The van der Waals surface area contributed by atoms with Gasteiger partial charge in [0.2, 0.25) is 19.7 Å². The monoisotopic (exact) mass is 627 g/mol. The minimum absolute atomic E-state index is 0.0768. The molecule has 4 aromatic rings. The number of methoxy groups -OCH3 is 1. The number of hydrogen-bond acceptors (Lipinski definition) is 7. The summed E-state index contributed by atoms with van der Waals surface area (Å²) in [5.74, 6) is -1.61. The van der Waals surface area contributed by atoms with Crippen LogP contribution in [0.2, 0.25) is 0 Å². The van der Waals surface area contributed by atoms with Crippen molar-refractivity contribution in [2.45, 2.75) is 9.79 Å². The van der Waals surface area contributed by atoms with E-state index in [2.05, 4.69) is 9.73 Å². The van der Waals surface area contributed by atoms with Crippen molar-refractivity contribution in [3.63, 3.8) is 0 Å². The largest absolute Gasteiger partial charge is 0.465 e. The summed E-state index contributed by atoms with van der Waals surface area (Å²) in [6.07, 6.45) is 0. The number of hydrogen-bond donors (Lipinski definition) is 2. The number of rotatable bonds is 4. The molecule has 0 unspecified atom stereocenters. The second-order valence-electron chi connectivity index (χ2n) is 9.64. The molecule has 0 atom stereocenters. The van der Waals surface area contributed by atoms with Crippen LogP contribution < -0.4 is 11.5 Å². The van der Waals surface area contributed by atoms with Crippen LogP contribution in [0, 0.1) is 0 Å². The topological polar surface area (TPSA) is 176 Å². The summed E-state index contributed by atoms with van der Waals surface area (Å²) in [7, 11) is -5.89. The summed E-state index contributed by atoms with van der Waals surface area (Å²) in [6, 6.07) is 27.4. The zero-order valence-electron chi connectivity index (χ0n) is 23.2. The molecule has 0 saturated carbocycles. The quantitative estimate of drug-likeness (QED) is 0.193. The molecule has 4 aromatic carbocycles. The van der Waals surface area contributed by atoms with E-state index in [9.17, 15) is 26.4 Å². The highest BCUT2D eigenvalue weighted by molar-refractivity contribution is 7.95. The lowest BCUT2D eigenvalue weighted by molar-refractivity contribution is 0.0600. The number of nitrogens with two attached hydrogens (primary N) is 2. The lowest BCUT2D eigenvalue weighted by atomic mass is 9.98. The molecule has 0 aromatic heterocycles. The minimum Gasteiger partial charge on any atom is -0.465 e. The normalized spacial score (nSPS) is 14.9. The van der Waals surface area contributed by atoms with Crippen molar-refractivity contribution in [2.75, 3.05) is 7.11 Å². The number of nitrogens with zero attached hydrogens (tertiary/aromatic N) is 1. The molecule has 2 aliphatic heterocycles. The fourth-order valence-corrected chi connectivity index (χ4v) is 7.72. The van der Waals surface area contributed by atoms with E-state index >= 15 is 0 Å². The Balaban J connectivity index is 0.000000175. The molecular weight excluding hydrogens is 603 g/mol. The fraction of sp³-hybridized carbons (Fsp3) is 0.0312. The molecule has 0 saturated heterocycles. The molecule has 0 fully saturated rings. The number of amides is 1. The molecule has 0 bridgehead atoms. The first-order chi connectivity index (χ1) is 20.9. The van der Waals surface area contributed by atoms with Gasteiger partial charge >= 0.3 is 5.97 Å². The van der Waals surface area contributed by atoms with Crippen LogP contribution in [-0.2, 0) is 24.4 Å². The third-order valence-corrected chi connectivity index (χ3v) is 9.76. The van der Waals surface area contributed by atoms with E-state index in [1.165, 1.54) is 36.1 Å². The molecule has 0 spiro atoms. The molecule has 222 valence electrons. The van der Waals surface area contributed by atoms with Crippen molar-refractivity contribution in [3.8, 4) is 0 Å². The highest BCUT2D eigenvalue weighted by atomic mass is 32.2. The molecular formula is C32H25N3O7S2. The van der Waals surface area contributed by atoms with Gasteiger partial charge in [-0.15, -0.1) is 0 Å². The van der Waals surface area contributed by atoms with E-state index < -0.39 is 31.6 Å². The Kier molecular flexibility index (Phi) is 8.05. The molecule has 12 heteroatoms. The van der Waals surface area contributed by atoms with Crippen molar-refractivity contribution in [3.05, 3.63) is 141 Å². The summed E-state index contributed by atoms with van der Waals surface area (Å²) >= 11 is 0. The van der Waals surface area contributed by atoms with Crippen LogP contribution in [0.5, 0.6) is 0 Å². The smallest absolute Gasteiger partial charge is 0.337 e. The maximum Gasteiger partial charge on any atom is 0.337 e. The highest BCUT2D eigenvalue weighted by Crippen LogP contribution is 2.39. The Labute approximate surface area is 253 Å². The van der Waals surface area contributed by atoms with Crippen LogP contribution in [0.4, 0.5) is 0 Å². The second-order valence-corrected chi connectivity index (χ2v) is 13.2. The van der Waals surface area contributed by atoms with E-state index in [1.54, 1.807) is 18.2 Å². The molecule has 6 rings (SSSR count). The predicted octanol–water partition coefficient (Wildman–Crippen LogP) is 3.93. The number of guanidine groups is 1. The van der Waals surface area contributed by atoms with Gasteiger partial charge in [-0.3, -0.25) is 4.79 Å². The minimum atomic E-state index is -3.61. The standard InChI is InChI=1S/C16H13N3O3S.C16H12O4S/c17-16(18)19-15(20)11-6-7-12-13(10-4-2-1-3-5-10)9-23(21,22)14(12)8-11;1-20-16(17)12-7-8-13-14(11-5-3-2-4-6-11)10-21(18,19)15(13)9-12/h1-9H,(H4,17,18,19,20);2-10H,1H3. The summed E-state index contributed by atoms with van der Waals surface area (Å²) in [5.41, 5.74) is 14.7. The van der Waals surface area contributed by atoms with Crippen molar-refractivity contribution in [1.82, 2.24) is 0 Å². The first kappa shape index (κ1) is 30.1. The summed E-state index contributed by atoms with van der Waals surface area (Å²) in [6.45, 7) is 0. The van der Waals surface area contributed by atoms with Gasteiger partial charge in [0, 0.05) is 38.7 Å². The van der Waals surface area contributed by atoms with Gasteiger partial charge in [-0.2, -0.15) is 4.99 Å². The van der Waals surface area contributed by atoms with E-state index in [0.717, 1.165) is 11.1 Å². The van der Waals surface area contributed by atoms with Crippen LogP contribution in [0.25, 0.3) is 11.1 Å². The van der Waals surface area contributed by atoms with Crippen molar-refractivity contribution in [2.24, 2.45) is 16.5 Å². The van der Waals surface area contributed by atoms with Crippen molar-refractivity contribution in [1.29, 1.82) is 0 Å². The van der Waals surface area contributed by atoms with Gasteiger partial charge in [-0.1, -0.05) is 72.8 Å². The number of sulfone groups is 2. The average Bonchev–Trinajstić information content (AvgIpc) is 3.45. The zero-order chi connectivity index (χ0) is 31.6. The molecule has 2 aliphatic rings. The van der Waals surface area contributed by atoms with Gasteiger partial charge < -0.3 is 16.2 Å². The van der Waals surface area contributed by atoms with E-state index in [-0.39, 0.29) is 26.9 Å². The number of fused-ring (bicyclic) bond motifs is 2. The van der Waals surface area contributed by atoms with Crippen LogP contribution in [0.1, 0.15) is 43.0 Å². The number of benzene rings is 4. The Hall–Kier alpha value is -5.33. The molecule has 0 radical (unpaired) electrons. The highest BCUT2D eigenvalue weighted by Gasteiger charge is 2.30. The van der Waals surface area contributed by atoms with Gasteiger partial charge in [0.1, 0.15) is 0 Å². The van der Waals surface area contributed by atoms with Crippen LogP contribution in [0.15, 0.2) is 123 Å². The first-order valence-electron chi connectivity index (χ1n) is 13.0. The summed E-state index contributed by atoms with van der Waals surface area (Å²) < 4.78 is 53.9. The molecule has 10 nitrogen and oxygen atoms in total. The van der Waals surface area contributed by atoms with Crippen molar-refractivity contribution < 1.29 is 31.2 Å². The molecule has 4 N–H and O–H groups in total. The summed E-state index contributed by atoms with van der Waals surface area (Å²) in [4.78, 5) is 27.0. The van der Waals surface area contributed by atoms with E-state index in [0.29, 0.717) is 22.3 Å². The number of esters is 1. The van der Waals surface area contributed by atoms with E-state index in [4.69, 9.17) is 11.5 Å². The van der Waals surface area contributed by atoms with Crippen LogP contribution in [0.3, 0.4) is 0 Å². The van der Waals surface area contributed by atoms with Crippen molar-refractivity contribution >= 4 is 48.7 Å². The van der Waals surface area contributed by atoms with Gasteiger partial charge in [0.15, 0.2) is 5.96 Å². The van der Waals surface area contributed by atoms with Gasteiger partial charge in [0.25, 0.3) is 5.91 Å². The predicted molar refractivity (Wildman–Crippen MR) is 166 cm³/mol. The number of carbonyl (C=O) groups is 2. The molecule has 1 amide bonds. The van der Waals surface area contributed by atoms with Crippen LogP contribution in [-0.4, -0.2) is 41.8 Å². The van der Waals surface area contributed by atoms with Gasteiger partial charge in [0.05, 0.1) is 22.5 Å². The zero-order valence-corrected chi connectivity index (χ0v) is 24.8. The Morgan fingerprint density at radius 2 is 1.07 bits per heavy atom. The van der Waals surface area contributed by atoms with Gasteiger partial charge in [-0.05, 0) is 35.4 Å². The van der Waals surface area contributed by atoms with E-state index in [1.807, 2.05) is 60.7 Å². The van der Waals surface area contributed by atoms with Crippen LogP contribution >= 0.6 is 0 Å². The third-order valence-electron chi connectivity index (χ3n) is 6.77. The second kappa shape index (κ2) is 11.7. The SMILES string of the molecule is COC(=O)c1ccc2c(c1)S(=O)(=O)C=C2c1ccccc1.NC(N)=NC(=O)c1ccc2c(c1)S(=O)(=O)C=C2c1ccccc1. The fourth-order valence-electron chi connectivity index (χ4n) is 4.77. The Morgan fingerprint density at radius 3 is 1.50 bits per heavy atom. The Morgan fingerprint density at radius 1 is 0.636 bits per heavy atom. The molecule has 2 heterocycles. The Bertz CT molecular complexity index is 2120. The number of ether oxygens (including phenoxy) is 1. The molecule has 44 heavy (non-hydrogen) atoms. The maximum absolute atomic E-state index is 12.4. The lowest BCUT2D eigenvalue weighted by Crippen LogP contribution is -2.24. The average molecular weight is 628 g/mol.